The summed E-state index contributed by atoms with van der Waals surface area (Å²) in [6.45, 7) is 10.8. The molecular formula is C18H29N3O2. The number of hydrogen-bond acceptors (Lipinski definition) is 4. The molecule has 1 heterocycles. The molecule has 1 aliphatic heterocycles. The minimum atomic E-state index is -0.165. The summed E-state index contributed by atoms with van der Waals surface area (Å²) in [5, 5.41) is 3.48. The fraction of sp³-hybridized carbons (Fsp3) is 0.611. The molecule has 23 heavy (non-hydrogen) atoms. The van der Waals surface area contributed by atoms with Crippen molar-refractivity contribution in [3.63, 3.8) is 0 Å². The van der Waals surface area contributed by atoms with E-state index in [0.29, 0.717) is 0 Å². The van der Waals surface area contributed by atoms with Crippen LogP contribution in [0.25, 0.3) is 0 Å². The number of para-hydroxylation sites is 1. The highest BCUT2D eigenvalue weighted by Crippen LogP contribution is 2.22. The number of amides is 1. The molecule has 0 spiro atoms. The molecule has 1 aliphatic rings. The molecule has 128 valence electrons. The van der Waals surface area contributed by atoms with Gasteiger partial charge in [-0.15, -0.1) is 0 Å². The van der Waals surface area contributed by atoms with Crippen molar-refractivity contribution in [2.24, 2.45) is 0 Å². The van der Waals surface area contributed by atoms with Crippen LogP contribution in [0.2, 0.25) is 0 Å². The number of methoxy groups -OCH3 is 1. The van der Waals surface area contributed by atoms with Crippen molar-refractivity contribution in [2.75, 3.05) is 44.7 Å². The molecule has 0 aliphatic carbocycles. The Kier molecular flexibility index (Phi) is 6.02. The number of piperazine rings is 1. The maximum atomic E-state index is 11.5. The van der Waals surface area contributed by atoms with Gasteiger partial charge in [-0.3, -0.25) is 4.79 Å². The fourth-order valence-corrected chi connectivity index (χ4v) is 2.80. The van der Waals surface area contributed by atoms with Crippen molar-refractivity contribution in [1.82, 2.24) is 10.2 Å². The average Bonchev–Trinajstić information content (AvgIpc) is 2.55. The van der Waals surface area contributed by atoms with Crippen LogP contribution in [0.4, 0.5) is 5.69 Å². The van der Waals surface area contributed by atoms with Crippen LogP contribution in [0.15, 0.2) is 24.3 Å². The molecule has 1 saturated heterocycles. The van der Waals surface area contributed by atoms with Crippen molar-refractivity contribution in [3.05, 3.63) is 29.8 Å². The van der Waals surface area contributed by atoms with E-state index in [1.54, 1.807) is 14.0 Å². The summed E-state index contributed by atoms with van der Waals surface area (Å²) in [7, 11) is 1.74. The third kappa shape index (κ3) is 4.94. The van der Waals surface area contributed by atoms with Crippen LogP contribution in [0, 0.1) is 0 Å². The molecule has 1 aromatic carbocycles. The zero-order chi connectivity index (χ0) is 16.9. The smallest absolute Gasteiger partial charge is 0.219 e. The van der Waals surface area contributed by atoms with E-state index in [0.717, 1.165) is 39.3 Å². The summed E-state index contributed by atoms with van der Waals surface area (Å²) in [5.74, 6) is 0.168. The highest BCUT2D eigenvalue weighted by molar-refractivity contribution is 5.73. The Morgan fingerprint density at radius 2 is 1.87 bits per heavy atom. The van der Waals surface area contributed by atoms with Crippen molar-refractivity contribution < 1.29 is 9.53 Å². The van der Waals surface area contributed by atoms with Crippen LogP contribution in [0.5, 0.6) is 0 Å². The third-order valence-electron chi connectivity index (χ3n) is 4.48. The molecule has 0 bridgehead atoms. The second-order valence-corrected chi connectivity index (χ2v) is 6.69. The van der Waals surface area contributed by atoms with Crippen LogP contribution in [0.1, 0.15) is 26.3 Å². The number of benzene rings is 1. The minimum absolute atomic E-state index is 0.165. The van der Waals surface area contributed by atoms with E-state index in [9.17, 15) is 4.79 Å². The SMILES string of the molecule is COC(C)(C)CNCc1ccccc1N1CCN(C(C)=O)CC1. The van der Waals surface area contributed by atoms with Crippen molar-refractivity contribution >= 4 is 11.6 Å². The normalized spacial score (nSPS) is 15.8. The molecule has 0 radical (unpaired) electrons. The average molecular weight is 319 g/mol. The molecule has 1 amide bonds. The van der Waals surface area contributed by atoms with Gasteiger partial charge in [0.05, 0.1) is 5.60 Å². The third-order valence-corrected chi connectivity index (χ3v) is 4.48. The van der Waals surface area contributed by atoms with Gasteiger partial charge in [-0.25, -0.2) is 0 Å². The monoisotopic (exact) mass is 319 g/mol. The van der Waals surface area contributed by atoms with Crippen molar-refractivity contribution in [1.29, 1.82) is 0 Å². The van der Waals surface area contributed by atoms with Gasteiger partial charge in [-0.2, -0.15) is 0 Å². The lowest BCUT2D eigenvalue weighted by Crippen LogP contribution is -2.48. The lowest BCUT2D eigenvalue weighted by atomic mass is 10.1. The summed E-state index contributed by atoms with van der Waals surface area (Å²) < 4.78 is 5.45. The molecule has 1 aromatic rings. The minimum Gasteiger partial charge on any atom is -0.377 e. The van der Waals surface area contributed by atoms with Crippen molar-refractivity contribution in [3.8, 4) is 0 Å². The van der Waals surface area contributed by atoms with Gasteiger partial charge in [0, 0.05) is 59.0 Å². The molecule has 0 saturated carbocycles. The van der Waals surface area contributed by atoms with E-state index in [-0.39, 0.29) is 11.5 Å². The maximum absolute atomic E-state index is 11.5. The van der Waals surface area contributed by atoms with Crippen LogP contribution in [0.3, 0.4) is 0 Å². The molecular weight excluding hydrogens is 290 g/mol. The van der Waals surface area contributed by atoms with Gasteiger partial charge in [0.2, 0.25) is 5.91 Å². The molecule has 1 fully saturated rings. The Morgan fingerprint density at radius 3 is 2.48 bits per heavy atom. The number of nitrogens with zero attached hydrogens (tertiary/aromatic N) is 2. The van der Waals surface area contributed by atoms with Crippen LogP contribution in [-0.4, -0.2) is 56.2 Å². The number of ether oxygens (including phenoxy) is 1. The number of carbonyl (C=O) groups excluding carboxylic acids is 1. The number of nitrogens with one attached hydrogen (secondary N) is 1. The summed E-state index contributed by atoms with van der Waals surface area (Å²) in [6.07, 6.45) is 0. The van der Waals surface area contributed by atoms with Crippen LogP contribution in [-0.2, 0) is 16.1 Å². The summed E-state index contributed by atoms with van der Waals surface area (Å²) in [6, 6.07) is 8.49. The van der Waals surface area contributed by atoms with E-state index in [4.69, 9.17) is 4.74 Å². The largest absolute Gasteiger partial charge is 0.377 e. The zero-order valence-electron chi connectivity index (χ0n) is 14.8. The quantitative estimate of drug-likeness (QED) is 0.869. The van der Waals surface area contributed by atoms with E-state index in [1.807, 2.05) is 4.90 Å². The highest BCUT2D eigenvalue weighted by Gasteiger charge is 2.21. The lowest BCUT2D eigenvalue weighted by molar-refractivity contribution is -0.129. The molecule has 1 N–H and O–H groups in total. The van der Waals surface area contributed by atoms with Gasteiger partial charge in [0.1, 0.15) is 0 Å². The summed E-state index contributed by atoms with van der Waals surface area (Å²) in [4.78, 5) is 15.7. The lowest BCUT2D eigenvalue weighted by Gasteiger charge is -2.36. The number of rotatable bonds is 6. The van der Waals surface area contributed by atoms with E-state index in [2.05, 4.69) is 48.3 Å². The summed E-state index contributed by atoms with van der Waals surface area (Å²) in [5.41, 5.74) is 2.39. The molecule has 5 nitrogen and oxygen atoms in total. The van der Waals surface area contributed by atoms with Gasteiger partial charge in [0.15, 0.2) is 0 Å². The van der Waals surface area contributed by atoms with E-state index < -0.39 is 0 Å². The van der Waals surface area contributed by atoms with Gasteiger partial charge in [-0.05, 0) is 25.5 Å². The Labute approximate surface area is 139 Å². The van der Waals surface area contributed by atoms with Gasteiger partial charge < -0.3 is 19.9 Å². The fourth-order valence-electron chi connectivity index (χ4n) is 2.80. The predicted octanol–water partition coefficient (Wildman–Crippen LogP) is 1.87. The maximum Gasteiger partial charge on any atom is 0.219 e. The first kappa shape index (κ1) is 17.8. The topological polar surface area (TPSA) is 44.8 Å². The van der Waals surface area contributed by atoms with Gasteiger partial charge in [0.25, 0.3) is 0 Å². The second-order valence-electron chi connectivity index (χ2n) is 6.69. The number of anilines is 1. The first-order valence-electron chi connectivity index (χ1n) is 8.27. The molecule has 2 rings (SSSR count). The number of hydrogen-bond donors (Lipinski definition) is 1. The first-order valence-corrected chi connectivity index (χ1v) is 8.27. The Morgan fingerprint density at radius 1 is 1.22 bits per heavy atom. The highest BCUT2D eigenvalue weighted by atomic mass is 16.5. The molecule has 0 atom stereocenters. The zero-order valence-corrected chi connectivity index (χ0v) is 14.8. The molecule has 0 aromatic heterocycles. The van der Waals surface area contributed by atoms with Crippen LogP contribution >= 0.6 is 0 Å². The van der Waals surface area contributed by atoms with Gasteiger partial charge in [-0.1, -0.05) is 18.2 Å². The molecule has 0 unspecified atom stereocenters. The number of carbonyl (C=O) groups is 1. The second kappa shape index (κ2) is 7.79. The van der Waals surface area contributed by atoms with E-state index in [1.165, 1.54) is 11.3 Å². The Balaban J connectivity index is 1.97. The summed E-state index contributed by atoms with van der Waals surface area (Å²) >= 11 is 0. The molecule has 5 heteroatoms. The standard InChI is InChI=1S/C18H29N3O2/c1-15(22)20-9-11-21(12-10-20)17-8-6-5-7-16(17)13-19-14-18(2,3)23-4/h5-8,19H,9-14H2,1-4H3. The predicted molar refractivity (Wildman–Crippen MR) is 93.7 cm³/mol. The van der Waals surface area contributed by atoms with E-state index >= 15 is 0 Å². The van der Waals surface area contributed by atoms with Crippen LogP contribution < -0.4 is 10.2 Å². The first-order chi connectivity index (χ1) is 10.9. The van der Waals surface area contributed by atoms with Gasteiger partial charge >= 0.3 is 0 Å². The van der Waals surface area contributed by atoms with Crippen molar-refractivity contribution in [2.45, 2.75) is 32.9 Å². The Bertz CT molecular complexity index is 523. The Hall–Kier alpha value is -1.59.